The molecule has 0 radical (unpaired) electrons. The van der Waals surface area contributed by atoms with E-state index < -0.39 is 6.36 Å². The van der Waals surface area contributed by atoms with E-state index in [1.54, 1.807) is 6.07 Å². The van der Waals surface area contributed by atoms with Crippen molar-refractivity contribution in [1.82, 2.24) is 4.98 Å². The second-order valence-electron chi connectivity index (χ2n) is 6.92. The molecule has 2 aromatic carbocycles. The van der Waals surface area contributed by atoms with Crippen molar-refractivity contribution in [2.45, 2.75) is 25.6 Å². The molecule has 28 heavy (non-hydrogen) atoms. The number of unbranched alkanes of at least 4 members (excludes halogenated alkanes) is 1. The van der Waals surface area contributed by atoms with Crippen LogP contribution in [0.15, 0.2) is 42.5 Å². The quantitative estimate of drug-likeness (QED) is 0.552. The van der Waals surface area contributed by atoms with E-state index in [-0.39, 0.29) is 5.75 Å². The molecule has 1 heterocycles. The lowest BCUT2D eigenvalue weighted by atomic mass is 10.00. The Kier molecular flexibility index (Phi) is 5.84. The van der Waals surface area contributed by atoms with Crippen LogP contribution in [0.1, 0.15) is 18.4 Å². The van der Waals surface area contributed by atoms with Gasteiger partial charge < -0.3 is 20.4 Å². The van der Waals surface area contributed by atoms with E-state index in [4.69, 9.17) is 5.73 Å². The van der Waals surface area contributed by atoms with E-state index >= 15 is 0 Å². The van der Waals surface area contributed by atoms with Gasteiger partial charge in [-0.05, 0) is 67.3 Å². The summed E-state index contributed by atoms with van der Waals surface area (Å²) in [5, 5.41) is 0.741. The minimum Gasteiger partial charge on any atom is -0.406 e. The van der Waals surface area contributed by atoms with Crippen LogP contribution in [0.2, 0.25) is 0 Å². The lowest BCUT2D eigenvalue weighted by Gasteiger charge is -2.13. The molecule has 3 N–H and O–H groups in total. The third kappa shape index (κ3) is 4.59. The highest BCUT2D eigenvalue weighted by Crippen LogP contribution is 2.35. The first-order chi connectivity index (χ1) is 13.3. The second-order valence-corrected chi connectivity index (χ2v) is 6.92. The summed E-state index contributed by atoms with van der Waals surface area (Å²) in [6.45, 7) is 0.581. The Bertz CT molecular complexity index is 930. The Labute approximate surface area is 162 Å². The van der Waals surface area contributed by atoms with E-state index in [1.807, 2.05) is 43.3 Å². The number of hydrogen-bond donors (Lipinski definition) is 2. The van der Waals surface area contributed by atoms with Crippen molar-refractivity contribution in [2.75, 3.05) is 25.5 Å². The average Bonchev–Trinajstić information content (AvgIpc) is 2.99. The number of alkyl halides is 3. The number of aryl methyl sites for hydroxylation is 1. The third-order valence-electron chi connectivity index (χ3n) is 4.66. The summed E-state index contributed by atoms with van der Waals surface area (Å²) in [5.74, 6) is -0.214. The van der Waals surface area contributed by atoms with Gasteiger partial charge in [0.2, 0.25) is 0 Å². The number of aromatic nitrogens is 1. The van der Waals surface area contributed by atoms with Crippen molar-refractivity contribution in [1.29, 1.82) is 0 Å². The Balaban J connectivity index is 2.05. The number of nitrogens with two attached hydrogens (primary N) is 1. The molecule has 0 spiro atoms. The maximum absolute atomic E-state index is 12.6. The first kappa shape index (κ1) is 20.1. The molecule has 0 aliphatic rings. The van der Waals surface area contributed by atoms with Crippen molar-refractivity contribution in [3.63, 3.8) is 0 Å². The van der Waals surface area contributed by atoms with Gasteiger partial charge in [-0.2, -0.15) is 0 Å². The number of hydrogen-bond acceptors (Lipinski definition) is 3. The van der Waals surface area contributed by atoms with Crippen LogP contribution in [0.5, 0.6) is 5.75 Å². The van der Waals surface area contributed by atoms with Crippen LogP contribution in [0.25, 0.3) is 22.2 Å². The van der Waals surface area contributed by atoms with Crippen molar-refractivity contribution in [3.05, 3.63) is 48.0 Å². The number of anilines is 1. The number of rotatable bonds is 7. The molecular weight excluding hydrogens is 367 g/mol. The molecule has 3 aromatic rings. The molecule has 0 fully saturated rings. The molecule has 0 saturated heterocycles. The number of fused-ring (bicyclic) bond motifs is 1. The van der Waals surface area contributed by atoms with Gasteiger partial charge in [0.25, 0.3) is 0 Å². The number of nitrogens with zero attached hydrogens (tertiary/aromatic N) is 1. The summed E-state index contributed by atoms with van der Waals surface area (Å²) in [6.07, 6.45) is -2.28. The van der Waals surface area contributed by atoms with Crippen LogP contribution in [-0.4, -0.2) is 32.0 Å². The fraction of sp³-hybridized carbons (Fsp3) is 0.333. The minimum absolute atomic E-state index is 0.214. The van der Waals surface area contributed by atoms with Crippen LogP contribution >= 0.6 is 0 Å². The SMILES string of the molecule is CN(C)c1ccc(-c2[nH]c3ccc(OC(F)(F)F)cc3c2CCCCN)cc1. The smallest absolute Gasteiger partial charge is 0.406 e. The second kappa shape index (κ2) is 8.14. The van der Waals surface area contributed by atoms with Gasteiger partial charge in [-0.3, -0.25) is 0 Å². The fourth-order valence-electron chi connectivity index (χ4n) is 3.30. The first-order valence-electron chi connectivity index (χ1n) is 9.16. The predicted molar refractivity (Wildman–Crippen MR) is 107 cm³/mol. The highest BCUT2D eigenvalue weighted by atomic mass is 19.4. The summed E-state index contributed by atoms with van der Waals surface area (Å²) < 4.78 is 42.0. The molecule has 3 rings (SSSR count). The van der Waals surface area contributed by atoms with Crippen LogP contribution in [0, 0.1) is 0 Å². The molecule has 0 aliphatic heterocycles. The van der Waals surface area contributed by atoms with Crippen LogP contribution in [0.3, 0.4) is 0 Å². The molecule has 7 heteroatoms. The van der Waals surface area contributed by atoms with Gasteiger partial charge in [0, 0.05) is 36.4 Å². The van der Waals surface area contributed by atoms with Crippen LogP contribution in [-0.2, 0) is 6.42 Å². The molecule has 0 bridgehead atoms. The summed E-state index contributed by atoms with van der Waals surface area (Å²) in [6, 6.07) is 12.5. The third-order valence-corrected chi connectivity index (χ3v) is 4.66. The number of H-pyrrole nitrogens is 1. The van der Waals surface area contributed by atoms with Gasteiger partial charge in [0.15, 0.2) is 0 Å². The highest BCUT2D eigenvalue weighted by molar-refractivity contribution is 5.92. The van der Waals surface area contributed by atoms with Gasteiger partial charge >= 0.3 is 6.36 Å². The normalized spacial score (nSPS) is 11.8. The maximum Gasteiger partial charge on any atom is 0.573 e. The van der Waals surface area contributed by atoms with Crippen LogP contribution < -0.4 is 15.4 Å². The summed E-state index contributed by atoms with van der Waals surface area (Å²) in [7, 11) is 3.94. The van der Waals surface area contributed by atoms with Crippen LogP contribution in [0.4, 0.5) is 18.9 Å². The Morgan fingerprint density at radius 1 is 1.04 bits per heavy atom. The van der Waals surface area contributed by atoms with Crippen molar-refractivity contribution in [3.8, 4) is 17.0 Å². The van der Waals surface area contributed by atoms with Gasteiger partial charge in [-0.15, -0.1) is 13.2 Å². The molecule has 0 amide bonds. The molecule has 0 atom stereocenters. The number of nitrogens with one attached hydrogen (secondary N) is 1. The van der Waals surface area contributed by atoms with E-state index in [0.717, 1.165) is 52.7 Å². The zero-order valence-corrected chi connectivity index (χ0v) is 15.9. The Morgan fingerprint density at radius 2 is 1.75 bits per heavy atom. The average molecular weight is 391 g/mol. The fourth-order valence-corrected chi connectivity index (χ4v) is 3.30. The summed E-state index contributed by atoms with van der Waals surface area (Å²) >= 11 is 0. The number of halogens is 3. The monoisotopic (exact) mass is 391 g/mol. The maximum atomic E-state index is 12.6. The van der Waals surface area contributed by atoms with Gasteiger partial charge in [0.05, 0.1) is 0 Å². The first-order valence-corrected chi connectivity index (χ1v) is 9.16. The van der Waals surface area contributed by atoms with Crippen molar-refractivity contribution >= 4 is 16.6 Å². The molecule has 150 valence electrons. The van der Waals surface area contributed by atoms with Crippen molar-refractivity contribution in [2.24, 2.45) is 5.73 Å². The van der Waals surface area contributed by atoms with Gasteiger partial charge in [0.1, 0.15) is 5.75 Å². The molecular formula is C21H24F3N3O. The topological polar surface area (TPSA) is 54.3 Å². The Hall–Kier alpha value is -2.67. The lowest BCUT2D eigenvalue weighted by molar-refractivity contribution is -0.274. The number of benzene rings is 2. The zero-order chi connectivity index (χ0) is 20.3. The molecule has 1 aromatic heterocycles. The lowest BCUT2D eigenvalue weighted by Crippen LogP contribution is -2.16. The Morgan fingerprint density at radius 3 is 2.36 bits per heavy atom. The summed E-state index contributed by atoms with van der Waals surface area (Å²) in [4.78, 5) is 5.38. The van der Waals surface area contributed by atoms with E-state index in [2.05, 4.69) is 9.72 Å². The van der Waals surface area contributed by atoms with Gasteiger partial charge in [-0.25, -0.2) is 0 Å². The molecule has 0 unspecified atom stereocenters. The van der Waals surface area contributed by atoms with Crippen molar-refractivity contribution < 1.29 is 17.9 Å². The molecule has 0 saturated carbocycles. The largest absolute Gasteiger partial charge is 0.573 e. The van der Waals surface area contributed by atoms with E-state index in [0.29, 0.717) is 6.54 Å². The standard InChI is InChI=1S/C21H24F3N3O/c1-27(2)15-8-6-14(7-9-15)20-17(5-3-4-12-25)18-13-16(28-21(22,23)24)10-11-19(18)26-20/h6-11,13,26H,3-5,12,25H2,1-2H3. The highest BCUT2D eigenvalue weighted by Gasteiger charge is 2.31. The number of ether oxygens (including phenoxy) is 1. The minimum atomic E-state index is -4.71. The van der Waals surface area contributed by atoms with E-state index in [9.17, 15) is 13.2 Å². The summed E-state index contributed by atoms with van der Waals surface area (Å²) in [5.41, 5.74) is 10.4. The number of aromatic amines is 1. The molecule has 4 nitrogen and oxygen atoms in total. The zero-order valence-electron chi connectivity index (χ0n) is 15.9. The van der Waals surface area contributed by atoms with E-state index in [1.165, 1.54) is 12.1 Å². The van der Waals surface area contributed by atoms with Gasteiger partial charge in [-0.1, -0.05) is 12.1 Å². The molecule has 0 aliphatic carbocycles. The predicted octanol–water partition coefficient (Wildman–Crippen LogP) is 5.08.